The van der Waals surface area contributed by atoms with Gasteiger partial charge >= 0.3 is 0 Å². The van der Waals surface area contributed by atoms with E-state index in [9.17, 15) is 0 Å². The van der Waals surface area contributed by atoms with E-state index in [4.69, 9.17) is 10.5 Å². The fourth-order valence-corrected chi connectivity index (χ4v) is 4.55. The molecule has 21 heavy (non-hydrogen) atoms. The van der Waals surface area contributed by atoms with Gasteiger partial charge in [-0.3, -0.25) is 0 Å². The van der Waals surface area contributed by atoms with E-state index in [0.717, 1.165) is 25.2 Å². The molecule has 3 aliphatic rings. The molecule has 1 saturated heterocycles. The van der Waals surface area contributed by atoms with Gasteiger partial charge in [0.1, 0.15) is 0 Å². The van der Waals surface area contributed by atoms with Gasteiger partial charge in [0.2, 0.25) is 0 Å². The van der Waals surface area contributed by atoms with Crippen LogP contribution in [0.25, 0.3) is 0 Å². The summed E-state index contributed by atoms with van der Waals surface area (Å²) in [4.78, 5) is 2.48. The Morgan fingerprint density at radius 1 is 1.19 bits per heavy atom. The van der Waals surface area contributed by atoms with Crippen molar-refractivity contribution < 1.29 is 4.74 Å². The van der Waals surface area contributed by atoms with Crippen LogP contribution < -0.4 is 10.6 Å². The smallest absolute Gasteiger partial charge is 0.0758 e. The fraction of sp³-hybridized carbons (Fsp3) is 0.667. The first-order valence-electron chi connectivity index (χ1n) is 8.56. The molecule has 0 amide bonds. The van der Waals surface area contributed by atoms with E-state index >= 15 is 0 Å². The molecule has 2 fully saturated rings. The number of hydrogen-bond acceptors (Lipinski definition) is 3. The number of ether oxygens (including phenoxy) is 1. The lowest BCUT2D eigenvalue weighted by molar-refractivity contribution is -0.0603. The van der Waals surface area contributed by atoms with Crippen molar-refractivity contribution in [2.75, 3.05) is 23.7 Å². The minimum atomic E-state index is 0.237. The normalized spacial score (nSPS) is 27.2. The predicted octanol–water partition coefficient (Wildman–Crippen LogP) is 3.51. The molecule has 2 N–H and O–H groups in total. The van der Waals surface area contributed by atoms with Gasteiger partial charge in [0, 0.05) is 30.0 Å². The number of hydrogen-bond donors (Lipinski definition) is 1. The van der Waals surface area contributed by atoms with Crippen molar-refractivity contribution in [2.45, 2.75) is 63.1 Å². The van der Waals surface area contributed by atoms with Gasteiger partial charge in [0.15, 0.2) is 0 Å². The topological polar surface area (TPSA) is 38.5 Å². The summed E-state index contributed by atoms with van der Waals surface area (Å²) in [5, 5.41) is 0. The molecule has 0 bridgehead atoms. The third kappa shape index (κ3) is 2.42. The van der Waals surface area contributed by atoms with Crippen molar-refractivity contribution in [3.63, 3.8) is 0 Å². The summed E-state index contributed by atoms with van der Waals surface area (Å²) in [5.41, 5.74) is 9.96. The number of nitrogens with two attached hydrogens (primary N) is 1. The van der Waals surface area contributed by atoms with E-state index in [-0.39, 0.29) is 5.60 Å². The Labute approximate surface area is 127 Å². The molecule has 1 aromatic rings. The van der Waals surface area contributed by atoms with Gasteiger partial charge in [0.25, 0.3) is 0 Å². The van der Waals surface area contributed by atoms with Gasteiger partial charge in [-0.2, -0.15) is 0 Å². The van der Waals surface area contributed by atoms with Crippen LogP contribution in [0.2, 0.25) is 0 Å². The van der Waals surface area contributed by atoms with Gasteiger partial charge in [-0.15, -0.1) is 0 Å². The standard InChI is InChI=1S/C18H26N2O/c19-16-5-4-6-17-15(16)8-12-20(17)13-14-7-11-18(21-14)9-2-1-3-10-18/h4-6,14H,1-3,7-13,19H2. The quantitative estimate of drug-likeness (QED) is 0.846. The van der Waals surface area contributed by atoms with Crippen LogP contribution in [0.5, 0.6) is 0 Å². The second-order valence-corrected chi connectivity index (χ2v) is 7.06. The van der Waals surface area contributed by atoms with Crippen molar-refractivity contribution in [3.8, 4) is 0 Å². The van der Waals surface area contributed by atoms with Crippen molar-refractivity contribution >= 4 is 11.4 Å². The molecular formula is C18H26N2O. The molecule has 2 aliphatic heterocycles. The predicted molar refractivity (Wildman–Crippen MR) is 86.7 cm³/mol. The highest BCUT2D eigenvalue weighted by atomic mass is 16.5. The maximum Gasteiger partial charge on any atom is 0.0758 e. The molecule has 3 heteroatoms. The van der Waals surface area contributed by atoms with Crippen molar-refractivity contribution in [3.05, 3.63) is 23.8 Å². The lowest BCUT2D eigenvalue weighted by atomic mass is 9.83. The van der Waals surface area contributed by atoms with E-state index in [1.165, 1.54) is 56.2 Å². The van der Waals surface area contributed by atoms with Crippen LogP contribution in [-0.2, 0) is 11.2 Å². The monoisotopic (exact) mass is 286 g/mol. The first kappa shape index (κ1) is 13.4. The Hall–Kier alpha value is -1.22. The molecule has 4 rings (SSSR count). The van der Waals surface area contributed by atoms with Crippen LogP contribution in [-0.4, -0.2) is 24.8 Å². The molecular weight excluding hydrogens is 260 g/mol. The maximum atomic E-state index is 6.52. The number of rotatable bonds is 2. The average Bonchev–Trinajstić information content (AvgIpc) is 3.07. The zero-order chi connectivity index (χ0) is 14.3. The molecule has 0 aromatic heterocycles. The summed E-state index contributed by atoms with van der Waals surface area (Å²) >= 11 is 0. The van der Waals surface area contributed by atoms with Crippen molar-refractivity contribution in [1.82, 2.24) is 0 Å². The Bertz CT molecular complexity index is 522. The zero-order valence-electron chi connectivity index (χ0n) is 12.8. The third-order valence-corrected chi connectivity index (χ3v) is 5.69. The van der Waals surface area contributed by atoms with E-state index in [1.54, 1.807) is 0 Å². The number of anilines is 2. The van der Waals surface area contributed by atoms with Crippen LogP contribution in [0.1, 0.15) is 50.5 Å². The molecule has 1 aromatic carbocycles. The van der Waals surface area contributed by atoms with Gasteiger partial charge in [-0.25, -0.2) is 0 Å². The second kappa shape index (κ2) is 5.20. The molecule has 2 heterocycles. The average molecular weight is 286 g/mol. The van der Waals surface area contributed by atoms with Crippen LogP contribution in [0, 0.1) is 0 Å². The van der Waals surface area contributed by atoms with E-state index in [0.29, 0.717) is 6.10 Å². The lowest BCUT2D eigenvalue weighted by Gasteiger charge is -2.34. The zero-order valence-corrected chi connectivity index (χ0v) is 12.8. The summed E-state index contributed by atoms with van der Waals surface area (Å²) in [6.07, 6.45) is 10.7. The fourth-order valence-electron chi connectivity index (χ4n) is 4.55. The maximum absolute atomic E-state index is 6.52. The molecule has 1 aliphatic carbocycles. The van der Waals surface area contributed by atoms with Gasteiger partial charge in [-0.1, -0.05) is 25.3 Å². The Morgan fingerprint density at radius 2 is 2.05 bits per heavy atom. The summed E-state index contributed by atoms with van der Waals surface area (Å²) in [6.45, 7) is 2.13. The van der Waals surface area contributed by atoms with Crippen LogP contribution in [0.3, 0.4) is 0 Å². The van der Waals surface area contributed by atoms with Crippen LogP contribution in [0.15, 0.2) is 18.2 Å². The van der Waals surface area contributed by atoms with Gasteiger partial charge in [-0.05, 0) is 44.2 Å². The molecule has 0 radical (unpaired) electrons. The molecule has 1 atom stereocenters. The first-order valence-corrected chi connectivity index (χ1v) is 8.56. The number of benzene rings is 1. The number of fused-ring (bicyclic) bond motifs is 1. The van der Waals surface area contributed by atoms with Crippen LogP contribution in [0.4, 0.5) is 11.4 Å². The molecule has 1 unspecified atom stereocenters. The summed E-state index contributed by atoms with van der Waals surface area (Å²) in [5.74, 6) is 0. The highest BCUT2D eigenvalue weighted by Crippen LogP contribution is 2.43. The van der Waals surface area contributed by atoms with E-state index in [2.05, 4.69) is 17.0 Å². The van der Waals surface area contributed by atoms with E-state index < -0.39 is 0 Å². The Kier molecular flexibility index (Phi) is 3.33. The highest BCUT2D eigenvalue weighted by Gasteiger charge is 2.41. The van der Waals surface area contributed by atoms with Crippen molar-refractivity contribution in [1.29, 1.82) is 0 Å². The summed E-state index contributed by atoms with van der Waals surface area (Å²) in [7, 11) is 0. The minimum Gasteiger partial charge on any atom is -0.398 e. The lowest BCUT2D eigenvalue weighted by Crippen LogP contribution is -2.36. The SMILES string of the molecule is Nc1cccc2c1CCN2CC1CCC2(CCCCC2)O1. The van der Waals surface area contributed by atoms with Gasteiger partial charge < -0.3 is 15.4 Å². The summed E-state index contributed by atoms with van der Waals surface area (Å²) in [6, 6.07) is 6.31. The summed E-state index contributed by atoms with van der Waals surface area (Å²) < 4.78 is 6.52. The largest absolute Gasteiger partial charge is 0.398 e. The molecule has 1 saturated carbocycles. The number of nitrogens with zero attached hydrogens (tertiary/aromatic N) is 1. The van der Waals surface area contributed by atoms with Crippen molar-refractivity contribution in [2.24, 2.45) is 0 Å². The molecule has 1 spiro atoms. The highest BCUT2D eigenvalue weighted by molar-refractivity contribution is 5.68. The number of nitrogen functional groups attached to an aromatic ring is 1. The minimum absolute atomic E-state index is 0.237. The Morgan fingerprint density at radius 3 is 2.90 bits per heavy atom. The Balaban J connectivity index is 1.43. The molecule has 114 valence electrons. The second-order valence-electron chi connectivity index (χ2n) is 7.06. The van der Waals surface area contributed by atoms with Gasteiger partial charge in [0.05, 0.1) is 11.7 Å². The molecule has 3 nitrogen and oxygen atoms in total. The third-order valence-electron chi connectivity index (χ3n) is 5.69. The van der Waals surface area contributed by atoms with E-state index in [1.807, 2.05) is 6.07 Å². The van der Waals surface area contributed by atoms with Crippen LogP contribution >= 0.6 is 0 Å². The first-order chi connectivity index (χ1) is 10.3.